The van der Waals surface area contributed by atoms with Crippen molar-refractivity contribution < 1.29 is 19.4 Å². The molecule has 2 aromatic rings. The van der Waals surface area contributed by atoms with Crippen molar-refractivity contribution in [3.63, 3.8) is 0 Å². The fraction of sp³-hybridized carbons (Fsp3) is 0.562. The van der Waals surface area contributed by atoms with Gasteiger partial charge < -0.3 is 14.6 Å². The van der Waals surface area contributed by atoms with Crippen LogP contribution < -0.4 is 4.74 Å². The zero-order valence-corrected chi connectivity index (χ0v) is 13.4. The van der Waals surface area contributed by atoms with Crippen LogP contribution in [0.15, 0.2) is 12.4 Å². The van der Waals surface area contributed by atoms with E-state index < -0.39 is 5.97 Å². The summed E-state index contributed by atoms with van der Waals surface area (Å²) in [6.45, 7) is 6.44. The molecule has 2 saturated heterocycles. The maximum Gasteiger partial charge on any atom is 0.342 e. The summed E-state index contributed by atoms with van der Waals surface area (Å²) in [5.41, 5.74) is 0.874. The minimum atomic E-state index is -1.07. The quantitative estimate of drug-likeness (QED) is 0.928. The third-order valence-corrected chi connectivity index (χ3v) is 4.66. The maximum atomic E-state index is 11.4. The summed E-state index contributed by atoms with van der Waals surface area (Å²) in [6, 6.07) is 0. The summed E-state index contributed by atoms with van der Waals surface area (Å²) in [5.74, 6) is -0.504. The molecule has 1 saturated carbocycles. The molecule has 122 valence electrons. The number of carboxylic acids is 1. The fourth-order valence-electron chi connectivity index (χ4n) is 3.77. The van der Waals surface area contributed by atoms with Crippen molar-refractivity contribution in [2.75, 3.05) is 6.61 Å². The molecule has 7 heteroatoms. The molecule has 5 rings (SSSR count). The van der Waals surface area contributed by atoms with Crippen molar-refractivity contribution in [1.82, 2.24) is 14.4 Å². The summed E-state index contributed by atoms with van der Waals surface area (Å²) in [7, 11) is 0. The number of fused-ring (bicyclic) bond motifs is 2. The molecule has 3 fully saturated rings. The number of aromatic nitrogens is 3. The number of nitrogens with zero attached hydrogens (tertiary/aromatic N) is 3. The van der Waals surface area contributed by atoms with Crippen LogP contribution in [-0.4, -0.2) is 43.8 Å². The Morgan fingerprint density at radius 2 is 2.13 bits per heavy atom. The van der Waals surface area contributed by atoms with E-state index in [4.69, 9.17) is 9.47 Å². The van der Waals surface area contributed by atoms with Crippen molar-refractivity contribution in [1.29, 1.82) is 0 Å². The van der Waals surface area contributed by atoms with E-state index in [-0.39, 0.29) is 28.6 Å². The van der Waals surface area contributed by atoms with Crippen LogP contribution in [0.25, 0.3) is 5.78 Å². The first-order chi connectivity index (χ1) is 10.8. The number of ether oxygens (including phenoxy) is 2. The van der Waals surface area contributed by atoms with Gasteiger partial charge in [0.1, 0.15) is 5.56 Å². The van der Waals surface area contributed by atoms with E-state index in [0.717, 1.165) is 18.5 Å². The van der Waals surface area contributed by atoms with Gasteiger partial charge in [0.25, 0.3) is 0 Å². The Morgan fingerprint density at radius 1 is 1.39 bits per heavy atom. The average Bonchev–Trinajstić information content (AvgIpc) is 3.06. The Hall–Kier alpha value is -2.15. The number of hydrogen-bond donors (Lipinski definition) is 1. The van der Waals surface area contributed by atoms with Gasteiger partial charge in [0.2, 0.25) is 11.7 Å². The first kappa shape index (κ1) is 14.4. The van der Waals surface area contributed by atoms with E-state index in [2.05, 4.69) is 16.9 Å². The summed E-state index contributed by atoms with van der Waals surface area (Å²) in [4.78, 5) is 20.4. The predicted molar refractivity (Wildman–Crippen MR) is 81.0 cm³/mol. The van der Waals surface area contributed by atoms with E-state index in [1.54, 1.807) is 4.40 Å². The zero-order valence-electron chi connectivity index (χ0n) is 13.4. The Kier molecular flexibility index (Phi) is 2.79. The van der Waals surface area contributed by atoms with Gasteiger partial charge in [0.05, 0.1) is 24.0 Å². The van der Waals surface area contributed by atoms with Crippen LogP contribution >= 0.6 is 0 Å². The van der Waals surface area contributed by atoms with Crippen LogP contribution in [0.2, 0.25) is 0 Å². The van der Waals surface area contributed by atoms with Crippen LogP contribution in [0.1, 0.15) is 49.7 Å². The highest BCUT2D eigenvalue weighted by atomic mass is 16.5. The highest BCUT2D eigenvalue weighted by molar-refractivity contribution is 5.90. The molecule has 7 nitrogen and oxygen atoms in total. The zero-order chi connectivity index (χ0) is 16.4. The molecule has 2 aliphatic heterocycles. The van der Waals surface area contributed by atoms with Gasteiger partial charge in [0, 0.05) is 17.8 Å². The highest BCUT2D eigenvalue weighted by Crippen LogP contribution is 2.58. The van der Waals surface area contributed by atoms with E-state index in [0.29, 0.717) is 12.4 Å². The van der Waals surface area contributed by atoms with Gasteiger partial charge in [0.15, 0.2) is 0 Å². The van der Waals surface area contributed by atoms with Crippen LogP contribution in [-0.2, 0) is 10.2 Å². The van der Waals surface area contributed by atoms with Gasteiger partial charge in [-0.2, -0.15) is 4.98 Å². The minimum absolute atomic E-state index is 0.0264. The lowest BCUT2D eigenvalue weighted by Gasteiger charge is -2.41. The lowest BCUT2D eigenvalue weighted by molar-refractivity contribution is 0.0154. The first-order valence-electron chi connectivity index (χ1n) is 7.74. The monoisotopic (exact) mass is 317 g/mol. The van der Waals surface area contributed by atoms with E-state index in [1.165, 1.54) is 6.20 Å². The molecule has 2 bridgehead atoms. The number of hydrogen-bond acceptors (Lipinski definition) is 5. The Labute approximate surface area is 133 Å². The smallest absolute Gasteiger partial charge is 0.342 e. The number of imidazole rings is 1. The van der Waals surface area contributed by atoms with E-state index in [1.807, 2.05) is 20.0 Å². The Morgan fingerprint density at radius 3 is 2.70 bits per heavy atom. The molecule has 1 N–H and O–H groups in total. The van der Waals surface area contributed by atoms with Crippen LogP contribution in [0.3, 0.4) is 0 Å². The molecule has 4 heterocycles. The average molecular weight is 317 g/mol. The second kappa shape index (κ2) is 4.44. The van der Waals surface area contributed by atoms with Gasteiger partial charge in [-0.15, -0.1) is 0 Å². The molecule has 3 aliphatic rings. The molecule has 0 spiro atoms. The maximum absolute atomic E-state index is 11.4. The SMILES string of the molecule is CC(C)Oc1nc2nc(C34COC(C)(C3)C4)cn2cc1C(=O)O. The van der Waals surface area contributed by atoms with E-state index >= 15 is 0 Å². The molecule has 0 atom stereocenters. The Bertz CT molecular complexity index is 805. The van der Waals surface area contributed by atoms with E-state index in [9.17, 15) is 9.90 Å². The van der Waals surface area contributed by atoms with Crippen molar-refractivity contribution in [3.8, 4) is 5.88 Å². The Balaban J connectivity index is 1.78. The summed E-state index contributed by atoms with van der Waals surface area (Å²) < 4.78 is 13.0. The van der Waals surface area contributed by atoms with Gasteiger partial charge in [-0.25, -0.2) is 9.78 Å². The topological polar surface area (TPSA) is 86.0 Å². The second-order valence-electron chi connectivity index (χ2n) is 7.14. The number of aromatic carboxylic acids is 1. The van der Waals surface area contributed by atoms with Crippen molar-refractivity contribution in [3.05, 3.63) is 23.7 Å². The molecule has 1 aliphatic carbocycles. The van der Waals surface area contributed by atoms with Crippen molar-refractivity contribution in [2.24, 2.45) is 0 Å². The molecule has 0 aromatic carbocycles. The standard InChI is InChI=1S/C16H19N3O4/c1-9(2)23-12-10(13(20)21)4-19-5-11(17-14(19)18-12)16-6-15(3,7-16)22-8-16/h4-5,9H,6-8H2,1-3H3,(H,20,21). The molecular formula is C16H19N3O4. The van der Waals surface area contributed by atoms with Gasteiger partial charge >= 0.3 is 5.97 Å². The number of carboxylic acid groups (broad SMARTS) is 1. The molecule has 23 heavy (non-hydrogen) atoms. The summed E-state index contributed by atoms with van der Waals surface area (Å²) in [6.07, 6.45) is 5.12. The lowest BCUT2D eigenvalue weighted by atomic mass is 9.62. The molecule has 0 amide bonds. The van der Waals surface area contributed by atoms with Gasteiger partial charge in [-0.3, -0.25) is 4.40 Å². The van der Waals surface area contributed by atoms with Gasteiger partial charge in [-0.1, -0.05) is 0 Å². The summed E-state index contributed by atoms with van der Waals surface area (Å²) >= 11 is 0. The van der Waals surface area contributed by atoms with Crippen molar-refractivity contribution in [2.45, 2.75) is 50.7 Å². The van der Waals surface area contributed by atoms with Crippen LogP contribution in [0.4, 0.5) is 0 Å². The second-order valence-corrected chi connectivity index (χ2v) is 7.14. The number of rotatable bonds is 4. The molecule has 2 aromatic heterocycles. The lowest BCUT2D eigenvalue weighted by Crippen LogP contribution is -2.45. The highest BCUT2D eigenvalue weighted by Gasteiger charge is 2.61. The third-order valence-electron chi connectivity index (χ3n) is 4.66. The predicted octanol–water partition coefficient (Wildman–Crippen LogP) is 2.04. The fourth-order valence-corrected chi connectivity index (χ4v) is 3.77. The third kappa shape index (κ3) is 2.10. The summed E-state index contributed by atoms with van der Waals surface area (Å²) in [5, 5.41) is 9.38. The molecular weight excluding hydrogens is 298 g/mol. The van der Waals surface area contributed by atoms with Crippen molar-refractivity contribution >= 4 is 11.7 Å². The van der Waals surface area contributed by atoms with Gasteiger partial charge in [-0.05, 0) is 33.6 Å². The largest absolute Gasteiger partial charge is 0.477 e. The minimum Gasteiger partial charge on any atom is -0.477 e. The normalized spacial score (nSPS) is 29.0. The van der Waals surface area contributed by atoms with Crippen LogP contribution in [0.5, 0.6) is 5.88 Å². The molecule has 0 radical (unpaired) electrons. The molecule has 0 unspecified atom stereocenters. The van der Waals surface area contributed by atoms with Crippen LogP contribution in [0, 0.1) is 0 Å². The number of carbonyl (C=O) groups is 1. The first-order valence-corrected chi connectivity index (χ1v) is 7.74.